The number of fused-ring (bicyclic) bond motifs is 1. The molecule has 2 aromatic carbocycles. The van der Waals surface area contributed by atoms with E-state index in [1.54, 1.807) is 37.3 Å². The number of ether oxygens (including phenoxy) is 4. The Morgan fingerprint density at radius 2 is 1.64 bits per heavy atom. The minimum Gasteiger partial charge on any atom is -0.493 e. The first-order valence-electron chi connectivity index (χ1n) is 12.0. The third-order valence-corrected chi connectivity index (χ3v) is 6.94. The molecule has 2 saturated heterocycles. The smallest absolute Gasteiger partial charge is 0.328 e. The van der Waals surface area contributed by atoms with E-state index in [4.69, 9.17) is 18.9 Å². The van der Waals surface area contributed by atoms with Crippen LogP contribution in [0, 0.1) is 16.0 Å². The Morgan fingerprint density at radius 1 is 1.00 bits per heavy atom. The van der Waals surface area contributed by atoms with E-state index >= 15 is 0 Å². The lowest BCUT2D eigenvalue weighted by atomic mass is 9.79. The first-order valence-corrected chi connectivity index (χ1v) is 12.0. The monoisotopic (exact) mass is 541 g/mol. The van der Waals surface area contributed by atoms with Gasteiger partial charge in [0.05, 0.1) is 56.4 Å². The molecule has 0 spiro atoms. The van der Waals surface area contributed by atoms with Crippen LogP contribution in [0.25, 0.3) is 0 Å². The van der Waals surface area contributed by atoms with Crippen LogP contribution in [-0.2, 0) is 23.9 Å². The highest BCUT2D eigenvalue weighted by Crippen LogP contribution is 2.55. The molecule has 4 unspecified atom stereocenters. The van der Waals surface area contributed by atoms with Gasteiger partial charge in [0.2, 0.25) is 0 Å². The van der Waals surface area contributed by atoms with Gasteiger partial charge in [0.15, 0.2) is 11.5 Å². The predicted octanol–water partition coefficient (Wildman–Crippen LogP) is 2.44. The van der Waals surface area contributed by atoms with Crippen molar-refractivity contribution in [2.24, 2.45) is 5.92 Å². The van der Waals surface area contributed by atoms with Gasteiger partial charge in [-0.2, -0.15) is 0 Å². The SMILES string of the molecule is CCOC(=O)CN1C(=O)C2C(c3ccccc3)C(C(=O)OC)C(c3cc(OC)c(OC)cc3[N+](=O)[O-])N2C1=O. The highest BCUT2D eigenvalue weighted by atomic mass is 16.6. The standard InChI is InChI=1S/C26H27N3O10/c1-5-39-19(30)13-27-24(31)23-20(14-9-7-6-8-10-14)21(25(32)38-4)22(28(23)26(27)33)15-11-17(36-2)18(37-3)12-16(15)29(34)35/h6-12,20-23H,5,13H2,1-4H3. The second-order valence-electron chi connectivity index (χ2n) is 8.82. The zero-order valence-corrected chi connectivity index (χ0v) is 21.7. The number of benzene rings is 2. The van der Waals surface area contributed by atoms with Crippen LogP contribution < -0.4 is 9.47 Å². The van der Waals surface area contributed by atoms with Crippen LogP contribution in [-0.4, -0.2) is 79.1 Å². The lowest BCUT2D eigenvalue weighted by Gasteiger charge is -2.28. The Balaban J connectivity index is 1.98. The van der Waals surface area contributed by atoms with Gasteiger partial charge >= 0.3 is 18.0 Å². The van der Waals surface area contributed by atoms with Crippen LogP contribution in [0.1, 0.15) is 30.0 Å². The van der Waals surface area contributed by atoms with Crippen molar-refractivity contribution in [1.82, 2.24) is 9.80 Å². The number of nitrogens with zero attached hydrogens (tertiary/aromatic N) is 3. The lowest BCUT2D eigenvalue weighted by molar-refractivity contribution is -0.386. The summed E-state index contributed by atoms with van der Waals surface area (Å²) in [5.74, 6) is -4.29. The highest BCUT2D eigenvalue weighted by molar-refractivity contribution is 6.08. The van der Waals surface area contributed by atoms with Crippen molar-refractivity contribution >= 4 is 29.6 Å². The summed E-state index contributed by atoms with van der Waals surface area (Å²) < 4.78 is 20.6. The fourth-order valence-corrected chi connectivity index (χ4v) is 5.40. The maximum absolute atomic E-state index is 13.8. The average Bonchev–Trinajstić information content (AvgIpc) is 3.41. The van der Waals surface area contributed by atoms with Crippen LogP contribution >= 0.6 is 0 Å². The summed E-state index contributed by atoms with van der Waals surface area (Å²) in [5.41, 5.74) is 0.0198. The van der Waals surface area contributed by atoms with Crippen LogP contribution in [0.2, 0.25) is 0 Å². The molecule has 2 aliphatic rings. The lowest BCUT2D eigenvalue weighted by Crippen LogP contribution is -2.41. The first kappa shape index (κ1) is 27.4. The summed E-state index contributed by atoms with van der Waals surface area (Å²) in [6.45, 7) is 0.978. The zero-order chi connectivity index (χ0) is 28.4. The van der Waals surface area contributed by atoms with Crippen molar-refractivity contribution in [3.8, 4) is 11.5 Å². The van der Waals surface area contributed by atoms with Gasteiger partial charge < -0.3 is 23.8 Å². The summed E-state index contributed by atoms with van der Waals surface area (Å²) in [7, 11) is 3.80. The number of carbonyl (C=O) groups excluding carboxylic acids is 4. The number of amides is 3. The topological polar surface area (TPSA) is 155 Å². The van der Waals surface area contributed by atoms with Gasteiger partial charge in [0.25, 0.3) is 11.6 Å². The second kappa shape index (κ2) is 11.0. The Labute approximate surface area is 223 Å². The number of hydrogen-bond donors (Lipinski definition) is 0. The number of methoxy groups -OCH3 is 3. The van der Waals surface area contributed by atoms with E-state index in [2.05, 4.69) is 0 Å². The first-order chi connectivity index (χ1) is 18.7. The molecule has 13 nitrogen and oxygen atoms in total. The van der Waals surface area contributed by atoms with Crippen LogP contribution in [0.15, 0.2) is 42.5 Å². The number of esters is 2. The molecule has 2 heterocycles. The van der Waals surface area contributed by atoms with Gasteiger partial charge in [0.1, 0.15) is 12.6 Å². The molecule has 0 N–H and O–H groups in total. The van der Waals surface area contributed by atoms with Crippen LogP contribution in [0.5, 0.6) is 11.5 Å². The van der Waals surface area contributed by atoms with Crippen molar-refractivity contribution in [3.63, 3.8) is 0 Å². The fourth-order valence-electron chi connectivity index (χ4n) is 5.40. The molecule has 206 valence electrons. The molecule has 3 amide bonds. The molecule has 0 bridgehead atoms. The largest absolute Gasteiger partial charge is 0.493 e. The molecule has 0 saturated carbocycles. The number of urea groups is 1. The van der Waals surface area contributed by atoms with Crippen LogP contribution in [0.3, 0.4) is 0 Å². The maximum Gasteiger partial charge on any atom is 0.328 e. The number of rotatable bonds is 9. The Hall–Kier alpha value is -4.68. The second-order valence-corrected chi connectivity index (χ2v) is 8.82. The quantitative estimate of drug-likeness (QED) is 0.200. The molecule has 0 radical (unpaired) electrons. The fraction of sp³-hybridized carbons (Fsp3) is 0.385. The molecule has 0 aliphatic carbocycles. The summed E-state index contributed by atoms with van der Waals surface area (Å²) in [4.78, 5) is 66.5. The summed E-state index contributed by atoms with van der Waals surface area (Å²) in [5, 5.41) is 12.2. The molecule has 13 heteroatoms. The predicted molar refractivity (Wildman–Crippen MR) is 133 cm³/mol. The van der Waals surface area contributed by atoms with E-state index in [0.29, 0.717) is 5.56 Å². The van der Waals surface area contributed by atoms with Gasteiger partial charge in [-0.15, -0.1) is 0 Å². The number of nitro groups is 1. The molecule has 39 heavy (non-hydrogen) atoms. The normalized spacial score (nSPS) is 21.9. The molecule has 2 aromatic rings. The molecule has 4 rings (SSSR count). The minimum absolute atomic E-state index is 0.0414. The third kappa shape index (κ3) is 4.60. The average molecular weight is 542 g/mol. The van der Waals surface area contributed by atoms with E-state index < -0.39 is 65.0 Å². The highest BCUT2D eigenvalue weighted by Gasteiger charge is 2.64. The van der Waals surface area contributed by atoms with Crippen molar-refractivity contribution < 1.29 is 43.0 Å². The molecule has 2 fully saturated rings. The van der Waals surface area contributed by atoms with E-state index in [1.165, 1.54) is 20.3 Å². The van der Waals surface area contributed by atoms with Gasteiger partial charge in [-0.3, -0.25) is 29.4 Å². The number of nitro benzene ring substituents is 1. The number of hydrogen-bond acceptors (Lipinski definition) is 10. The number of imide groups is 1. The van der Waals surface area contributed by atoms with E-state index in [0.717, 1.165) is 23.0 Å². The van der Waals surface area contributed by atoms with Gasteiger partial charge in [-0.1, -0.05) is 30.3 Å². The molecular weight excluding hydrogens is 514 g/mol. The summed E-state index contributed by atoms with van der Waals surface area (Å²) in [6.07, 6.45) is 0. The molecule has 4 atom stereocenters. The van der Waals surface area contributed by atoms with Crippen LogP contribution in [0.4, 0.5) is 10.5 Å². The minimum atomic E-state index is -1.32. The molecule has 0 aromatic heterocycles. The Kier molecular flexibility index (Phi) is 7.70. The molecular formula is C26H27N3O10. The van der Waals surface area contributed by atoms with Crippen molar-refractivity contribution in [2.75, 3.05) is 34.5 Å². The van der Waals surface area contributed by atoms with Crippen molar-refractivity contribution in [3.05, 3.63) is 63.7 Å². The Bertz CT molecular complexity index is 1310. The van der Waals surface area contributed by atoms with E-state index in [-0.39, 0.29) is 23.7 Å². The van der Waals surface area contributed by atoms with Crippen molar-refractivity contribution in [1.29, 1.82) is 0 Å². The van der Waals surface area contributed by atoms with Gasteiger partial charge in [-0.25, -0.2) is 4.79 Å². The maximum atomic E-state index is 13.8. The van der Waals surface area contributed by atoms with Gasteiger partial charge in [-0.05, 0) is 18.6 Å². The number of carbonyl (C=O) groups is 4. The summed E-state index contributed by atoms with van der Waals surface area (Å²) >= 11 is 0. The van der Waals surface area contributed by atoms with Gasteiger partial charge in [0, 0.05) is 5.92 Å². The van der Waals surface area contributed by atoms with Crippen molar-refractivity contribution in [2.45, 2.75) is 24.9 Å². The zero-order valence-electron chi connectivity index (χ0n) is 21.7. The molecule has 2 aliphatic heterocycles. The summed E-state index contributed by atoms with van der Waals surface area (Å²) in [6, 6.07) is 7.52. The van der Waals surface area contributed by atoms with E-state index in [1.807, 2.05) is 0 Å². The van der Waals surface area contributed by atoms with E-state index in [9.17, 15) is 29.3 Å². The Morgan fingerprint density at radius 3 is 2.21 bits per heavy atom. The third-order valence-electron chi connectivity index (χ3n) is 6.94.